The van der Waals surface area contributed by atoms with Crippen LogP contribution in [0.5, 0.6) is 0 Å². The van der Waals surface area contributed by atoms with E-state index in [9.17, 15) is 4.39 Å². The van der Waals surface area contributed by atoms with E-state index in [1.807, 2.05) is 11.9 Å². The van der Waals surface area contributed by atoms with Crippen LogP contribution in [0.15, 0.2) is 12.3 Å². The van der Waals surface area contributed by atoms with Gasteiger partial charge in [0.2, 0.25) is 0 Å². The van der Waals surface area contributed by atoms with Crippen LogP contribution in [0.1, 0.15) is 0 Å². The molecule has 0 unspecified atom stereocenters. The van der Waals surface area contributed by atoms with Gasteiger partial charge in [-0.1, -0.05) is 0 Å². The maximum absolute atomic E-state index is 12.8. The first-order valence-corrected chi connectivity index (χ1v) is 5.03. The van der Waals surface area contributed by atoms with Crippen molar-refractivity contribution in [2.75, 3.05) is 38.6 Å². The van der Waals surface area contributed by atoms with Gasteiger partial charge in [-0.05, 0) is 13.1 Å². The summed E-state index contributed by atoms with van der Waals surface area (Å²) in [6.07, 6.45) is 0.784. The zero-order valence-electron chi connectivity index (χ0n) is 9.02. The quantitative estimate of drug-likeness (QED) is 0.684. The van der Waals surface area contributed by atoms with E-state index in [-0.39, 0.29) is 0 Å². The molecule has 0 amide bonds. The summed E-state index contributed by atoms with van der Waals surface area (Å²) in [6, 6.07) is 1.73. The van der Waals surface area contributed by atoms with Crippen LogP contribution in [0.4, 0.5) is 10.2 Å². The van der Waals surface area contributed by atoms with E-state index in [2.05, 4.69) is 21.9 Å². The lowest BCUT2D eigenvalue weighted by Crippen LogP contribution is -2.48. The van der Waals surface area contributed by atoms with Crippen LogP contribution in [0.3, 0.4) is 0 Å². The van der Waals surface area contributed by atoms with Crippen LogP contribution in [0.2, 0.25) is 0 Å². The summed E-state index contributed by atoms with van der Waals surface area (Å²) < 4.78 is 12.8. The van der Waals surface area contributed by atoms with Gasteiger partial charge in [-0.25, -0.2) is 4.98 Å². The van der Waals surface area contributed by atoms with Gasteiger partial charge < -0.3 is 9.80 Å². The Morgan fingerprint density at radius 3 is 2.93 bits per heavy atom. The van der Waals surface area contributed by atoms with E-state index < -0.39 is 6.08 Å². The number of rotatable bonds is 3. The Morgan fingerprint density at radius 2 is 2.33 bits per heavy atom. The van der Waals surface area contributed by atoms with E-state index >= 15 is 0 Å². The Kier molecular flexibility index (Phi) is 2.81. The Balaban J connectivity index is 1.93. The predicted octanol–water partition coefficient (Wildman–Crippen LogP) is 0.613. The molecule has 0 aliphatic carbocycles. The number of aromatic nitrogens is 2. The molecule has 0 N–H and O–H groups in total. The molecule has 1 aromatic rings. The Morgan fingerprint density at radius 1 is 1.60 bits per heavy atom. The molecule has 0 saturated carbocycles. The first-order valence-electron chi connectivity index (χ1n) is 5.03. The Bertz CT molecular complexity index is 338. The summed E-state index contributed by atoms with van der Waals surface area (Å²) in [7, 11) is 4.03. The zero-order valence-corrected chi connectivity index (χ0v) is 9.02. The van der Waals surface area contributed by atoms with Crippen LogP contribution >= 0.6 is 0 Å². The van der Waals surface area contributed by atoms with Gasteiger partial charge in [-0.2, -0.15) is 9.37 Å². The minimum Gasteiger partial charge on any atom is -0.359 e. The van der Waals surface area contributed by atoms with Crippen LogP contribution in [0.25, 0.3) is 0 Å². The van der Waals surface area contributed by atoms with E-state index in [0.717, 1.165) is 19.6 Å². The number of halogens is 1. The Hall–Kier alpha value is -1.23. The molecule has 1 aromatic heterocycles. The zero-order chi connectivity index (χ0) is 10.8. The number of anilines is 1. The SMILES string of the molecule is CN1CC(CN(C)c2ccnc(F)n2)C1. The molecule has 0 radical (unpaired) electrons. The van der Waals surface area contributed by atoms with Gasteiger partial charge in [0.05, 0.1) is 0 Å². The van der Waals surface area contributed by atoms with Gasteiger partial charge in [-0.15, -0.1) is 0 Å². The fourth-order valence-corrected chi connectivity index (χ4v) is 1.96. The van der Waals surface area contributed by atoms with E-state index in [1.165, 1.54) is 6.20 Å². The number of likely N-dealkylation sites (tertiary alicyclic amines) is 1. The van der Waals surface area contributed by atoms with Crippen molar-refractivity contribution in [3.8, 4) is 0 Å². The third kappa shape index (κ3) is 2.41. The van der Waals surface area contributed by atoms with Crippen molar-refractivity contribution in [1.29, 1.82) is 0 Å². The molecular weight excluding hydrogens is 195 g/mol. The van der Waals surface area contributed by atoms with Gasteiger partial charge in [0.1, 0.15) is 5.82 Å². The molecule has 1 aliphatic heterocycles. The molecule has 0 atom stereocenters. The van der Waals surface area contributed by atoms with E-state index in [0.29, 0.717) is 11.7 Å². The van der Waals surface area contributed by atoms with Gasteiger partial charge in [0.15, 0.2) is 0 Å². The molecule has 15 heavy (non-hydrogen) atoms. The summed E-state index contributed by atoms with van der Waals surface area (Å²) in [5, 5.41) is 0. The lowest BCUT2D eigenvalue weighted by atomic mass is 10.0. The molecule has 5 heteroatoms. The molecule has 1 fully saturated rings. The van der Waals surface area contributed by atoms with Crippen molar-refractivity contribution in [2.24, 2.45) is 5.92 Å². The van der Waals surface area contributed by atoms with Crippen molar-refractivity contribution < 1.29 is 4.39 Å². The second-order valence-electron chi connectivity index (χ2n) is 4.15. The maximum Gasteiger partial charge on any atom is 0.310 e. The molecule has 1 saturated heterocycles. The van der Waals surface area contributed by atoms with Crippen molar-refractivity contribution >= 4 is 5.82 Å². The van der Waals surface area contributed by atoms with Gasteiger partial charge >= 0.3 is 6.08 Å². The molecule has 82 valence electrons. The highest BCUT2D eigenvalue weighted by Gasteiger charge is 2.24. The van der Waals surface area contributed by atoms with Gasteiger partial charge in [-0.3, -0.25) is 0 Å². The third-order valence-electron chi connectivity index (χ3n) is 2.67. The standard InChI is InChI=1S/C10H15FN4/c1-14-5-8(6-14)7-15(2)9-3-4-12-10(11)13-9/h3-4,8H,5-7H2,1-2H3. The predicted molar refractivity (Wildman–Crippen MR) is 56.2 cm³/mol. The molecule has 4 nitrogen and oxygen atoms in total. The van der Waals surface area contributed by atoms with Crippen LogP contribution in [-0.2, 0) is 0 Å². The Labute approximate surface area is 88.7 Å². The van der Waals surface area contributed by atoms with Crippen molar-refractivity contribution in [3.05, 3.63) is 18.3 Å². The minimum atomic E-state index is -0.662. The number of nitrogens with zero attached hydrogens (tertiary/aromatic N) is 4. The van der Waals surface area contributed by atoms with Gasteiger partial charge in [0.25, 0.3) is 0 Å². The highest BCUT2D eigenvalue weighted by Crippen LogP contribution is 2.16. The molecule has 0 bridgehead atoms. The lowest BCUT2D eigenvalue weighted by molar-refractivity contribution is 0.139. The van der Waals surface area contributed by atoms with E-state index in [4.69, 9.17) is 0 Å². The highest BCUT2D eigenvalue weighted by molar-refractivity contribution is 5.35. The van der Waals surface area contributed by atoms with Crippen molar-refractivity contribution in [3.63, 3.8) is 0 Å². The summed E-state index contributed by atoms with van der Waals surface area (Å²) in [4.78, 5) is 11.4. The second kappa shape index (κ2) is 4.10. The fraction of sp³-hybridized carbons (Fsp3) is 0.600. The summed E-state index contributed by atoms with van der Waals surface area (Å²) >= 11 is 0. The normalized spacial score (nSPS) is 17.5. The summed E-state index contributed by atoms with van der Waals surface area (Å²) in [6.45, 7) is 3.14. The molecule has 0 spiro atoms. The van der Waals surface area contributed by atoms with Crippen LogP contribution < -0.4 is 4.90 Å². The molecule has 2 rings (SSSR count). The second-order valence-corrected chi connectivity index (χ2v) is 4.15. The number of hydrogen-bond acceptors (Lipinski definition) is 4. The molecule has 1 aliphatic rings. The molecule has 2 heterocycles. The number of hydrogen-bond donors (Lipinski definition) is 0. The molecule has 0 aromatic carbocycles. The summed E-state index contributed by atoms with van der Waals surface area (Å²) in [5.41, 5.74) is 0. The summed E-state index contributed by atoms with van der Waals surface area (Å²) in [5.74, 6) is 1.31. The minimum absolute atomic E-state index is 0.650. The average Bonchev–Trinajstić information content (AvgIpc) is 2.15. The smallest absolute Gasteiger partial charge is 0.310 e. The average molecular weight is 210 g/mol. The largest absolute Gasteiger partial charge is 0.359 e. The van der Waals surface area contributed by atoms with Crippen LogP contribution in [-0.4, -0.2) is 48.6 Å². The topological polar surface area (TPSA) is 32.3 Å². The molecular formula is C10H15FN4. The van der Waals surface area contributed by atoms with Gasteiger partial charge in [0, 0.05) is 38.8 Å². The first kappa shape index (κ1) is 10.3. The van der Waals surface area contributed by atoms with E-state index in [1.54, 1.807) is 6.07 Å². The third-order valence-corrected chi connectivity index (χ3v) is 2.67. The first-order chi connectivity index (χ1) is 7.15. The van der Waals surface area contributed by atoms with Crippen molar-refractivity contribution in [2.45, 2.75) is 0 Å². The highest BCUT2D eigenvalue weighted by atomic mass is 19.1. The maximum atomic E-state index is 12.8. The van der Waals surface area contributed by atoms with Crippen LogP contribution in [0, 0.1) is 12.0 Å². The lowest BCUT2D eigenvalue weighted by Gasteiger charge is -2.38. The van der Waals surface area contributed by atoms with Crippen molar-refractivity contribution in [1.82, 2.24) is 14.9 Å². The monoisotopic (exact) mass is 210 g/mol. The fourth-order valence-electron chi connectivity index (χ4n) is 1.96.